The minimum Gasteiger partial charge on any atom is -0.496 e. The summed E-state index contributed by atoms with van der Waals surface area (Å²) in [5, 5.41) is 0.710. The second kappa shape index (κ2) is 8.62. The fraction of sp³-hybridized carbons (Fsp3) is 0.538. The monoisotopic (exact) mass is 277 g/mol. The molecule has 1 aromatic rings. The van der Waals surface area contributed by atoms with E-state index in [0.717, 1.165) is 24.2 Å². The van der Waals surface area contributed by atoms with Gasteiger partial charge >= 0.3 is 0 Å². The fourth-order valence-corrected chi connectivity index (χ4v) is 1.95. The van der Waals surface area contributed by atoms with Gasteiger partial charge in [0.05, 0.1) is 7.11 Å². The zero-order valence-electron chi connectivity index (χ0n) is 10.4. The highest BCUT2D eigenvalue weighted by molar-refractivity contribution is 6.30. The van der Waals surface area contributed by atoms with Crippen molar-refractivity contribution in [1.82, 2.24) is 0 Å². The SMILES string of the molecule is CCCCC[C@@H](N)c1cc(Cl)ccc1OC.Cl. The number of benzene rings is 1. The van der Waals surface area contributed by atoms with Crippen LogP contribution in [0, 0.1) is 0 Å². The second-order valence-electron chi connectivity index (χ2n) is 3.99. The van der Waals surface area contributed by atoms with E-state index in [9.17, 15) is 0 Å². The molecule has 0 fully saturated rings. The molecule has 0 saturated heterocycles. The van der Waals surface area contributed by atoms with Gasteiger partial charge in [-0.05, 0) is 24.6 Å². The van der Waals surface area contributed by atoms with Gasteiger partial charge in [-0.1, -0.05) is 37.8 Å². The van der Waals surface area contributed by atoms with Crippen LogP contribution in [0.5, 0.6) is 5.75 Å². The molecule has 1 aromatic carbocycles. The molecule has 0 radical (unpaired) electrons. The van der Waals surface area contributed by atoms with E-state index >= 15 is 0 Å². The predicted octanol–water partition coefficient (Wildman–Crippen LogP) is 4.35. The van der Waals surface area contributed by atoms with Crippen LogP contribution in [0.1, 0.15) is 44.2 Å². The first-order valence-electron chi connectivity index (χ1n) is 5.78. The Morgan fingerprint density at radius 2 is 2.06 bits per heavy atom. The van der Waals surface area contributed by atoms with Crippen molar-refractivity contribution in [3.05, 3.63) is 28.8 Å². The van der Waals surface area contributed by atoms with Crippen LogP contribution in [0.25, 0.3) is 0 Å². The van der Waals surface area contributed by atoms with Crippen molar-refractivity contribution in [2.24, 2.45) is 5.73 Å². The number of nitrogens with two attached hydrogens (primary N) is 1. The topological polar surface area (TPSA) is 35.2 Å². The highest BCUT2D eigenvalue weighted by atomic mass is 35.5. The van der Waals surface area contributed by atoms with E-state index in [2.05, 4.69) is 6.92 Å². The Balaban J connectivity index is 0.00000256. The lowest BCUT2D eigenvalue weighted by Gasteiger charge is -2.15. The normalized spacial score (nSPS) is 11.8. The Hall–Kier alpha value is -0.440. The molecule has 1 rings (SSSR count). The predicted molar refractivity (Wildman–Crippen MR) is 76.3 cm³/mol. The first-order valence-corrected chi connectivity index (χ1v) is 6.15. The third kappa shape index (κ3) is 5.15. The van der Waals surface area contributed by atoms with Crippen molar-refractivity contribution < 1.29 is 4.74 Å². The van der Waals surface area contributed by atoms with Crippen molar-refractivity contribution in [2.45, 2.75) is 38.6 Å². The van der Waals surface area contributed by atoms with Gasteiger partial charge in [0.25, 0.3) is 0 Å². The third-order valence-electron chi connectivity index (χ3n) is 2.71. The molecule has 0 amide bonds. The molecule has 0 saturated carbocycles. The van der Waals surface area contributed by atoms with E-state index in [-0.39, 0.29) is 18.4 Å². The molecule has 0 aliphatic carbocycles. The molecule has 17 heavy (non-hydrogen) atoms. The van der Waals surface area contributed by atoms with Crippen LogP contribution in [0.4, 0.5) is 0 Å². The largest absolute Gasteiger partial charge is 0.496 e. The number of hydrogen-bond donors (Lipinski definition) is 1. The minimum absolute atomic E-state index is 0. The molecule has 0 aromatic heterocycles. The zero-order chi connectivity index (χ0) is 12.0. The van der Waals surface area contributed by atoms with Gasteiger partial charge in [0.1, 0.15) is 5.75 Å². The average Bonchev–Trinajstić information content (AvgIpc) is 2.29. The third-order valence-corrected chi connectivity index (χ3v) is 2.94. The van der Waals surface area contributed by atoms with E-state index in [4.69, 9.17) is 22.1 Å². The van der Waals surface area contributed by atoms with Crippen LogP contribution < -0.4 is 10.5 Å². The van der Waals surface area contributed by atoms with E-state index in [1.54, 1.807) is 7.11 Å². The van der Waals surface area contributed by atoms with Gasteiger partial charge in [0.15, 0.2) is 0 Å². The molecule has 1 atom stereocenters. The molecule has 0 spiro atoms. The van der Waals surface area contributed by atoms with Gasteiger partial charge in [-0.3, -0.25) is 0 Å². The molecule has 4 heteroatoms. The van der Waals surface area contributed by atoms with Crippen molar-refractivity contribution in [2.75, 3.05) is 7.11 Å². The minimum atomic E-state index is 0. The molecular formula is C13H21Cl2NO. The molecule has 0 unspecified atom stereocenters. The van der Waals surface area contributed by atoms with Crippen LogP contribution in [0.2, 0.25) is 5.02 Å². The summed E-state index contributed by atoms with van der Waals surface area (Å²) in [7, 11) is 1.66. The molecular weight excluding hydrogens is 257 g/mol. The number of rotatable bonds is 6. The Kier molecular flexibility index (Phi) is 8.40. The smallest absolute Gasteiger partial charge is 0.123 e. The first kappa shape index (κ1) is 16.6. The summed E-state index contributed by atoms with van der Waals surface area (Å²) in [5.74, 6) is 0.827. The van der Waals surface area contributed by atoms with E-state index in [0.29, 0.717) is 5.02 Å². The first-order chi connectivity index (χ1) is 7.69. The summed E-state index contributed by atoms with van der Waals surface area (Å²) in [6.07, 6.45) is 4.55. The maximum atomic E-state index is 6.14. The van der Waals surface area contributed by atoms with Gasteiger partial charge in [0, 0.05) is 16.6 Å². The quantitative estimate of drug-likeness (QED) is 0.785. The van der Waals surface area contributed by atoms with Crippen LogP contribution in [0.3, 0.4) is 0 Å². The number of methoxy groups -OCH3 is 1. The average molecular weight is 278 g/mol. The fourth-order valence-electron chi connectivity index (χ4n) is 1.76. The highest BCUT2D eigenvalue weighted by Gasteiger charge is 2.11. The maximum Gasteiger partial charge on any atom is 0.123 e. The maximum absolute atomic E-state index is 6.14. The molecule has 98 valence electrons. The summed E-state index contributed by atoms with van der Waals surface area (Å²) in [4.78, 5) is 0. The molecule has 2 nitrogen and oxygen atoms in total. The van der Waals surface area contributed by atoms with Gasteiger partial charge in [-0.25, -0.2) is 0 Å². The number of hydrogen-bond acceptors (Lipinski definition) is 2. The zero-order valence-corrected chi connectivity index (χ0v) is 12.0. The highest BCUT2D eigenvalue weighted by Crippen LogP contribution is 2.29. The number of ether oxygens (including phenoxy) is 1. The van der Waals surface area contributed by atoms with Gasteiger partial charge in [-0.2, -0.15) is 0 Å². The summed E-state index contributed by atoms with van der Waals surface area (Å²) >= 11 is 5.97. The lowest BCUT2D eigenvalue weighted by atomic mass is 10.0. The second-order valence-corrected chi connectivity index (χ2v) is 4.42. The lowest BCUT2D eigenvalue weighted by Crippen LogP contribution is -2.11. The van der Waals surface area contributed by atoms with E-state index in [1.807, 2.05) is 18.2 Å². The Bertz CT molecular complexity index is 331. The molecule has 0 bridgehead atoms. The van der Waals surface area contributed by atoms with Crippen molar-refractivity contribution in [3.8, 4) is 5.75 Å². The van der Waals surface area contributed by atoms with Crippen LogP contribution in [0.15, 0.2) is 18.2 Å². The summed E-state index contributed by atoms with van der Waals surface area (Å²) in [5.41, 5.74) is 7.15. The van der Waals surface area contributed by atoms with Gasteiger partial charge in [0.2, 0.25) is 0 Å². The Labute approximate surface area is 115 Å². The Morgan fingerprint density at radius 1 is 1.35 bits per heavy atom. The lowest BCUT2D eigenvalue weighted by molar-refractivity contribution is 0.403. The number of halogens is 2. The van der Waals surface area contributed by atoms with E-state index < -0.39 is 0 Å². The van der Waals surface area contributed by atoms with Crippen molar-refractivity contribution >= 4 is 24.0 Å². The van der Waals surface area contributed by atoms with Crippen LogP contribution >= 0.6 is 24.0 Å². The summed E-state index contributed by atoms with van der Waals surface area (Å²) in [6.45, 7) is 2.19. The van der Waals surface area contributed by atoms with Gasteiger partial charge < -0.3 is 10.5 Å². The molecule has 0 aliphatic rings. The molecule has 0 aliphatic heterocycles. The van der Waals surface area contributed by atoms with E-state index in [1.165, 1.54) is 12.8 Å². The Morgan fingerprint density at radius 3 is 2.65 bits per heavy atom. The summed E-state index contributed by atoms with van der Waals surface area (Å²) in [6, 6.07) is 5.61. The van der Waals surface area contributed by atoms with Crippen molar-refractivity contribution in [1.29, 1.82) is 0 Å². The summed E-state index contributed by atoms with van der Waals surface area (Å²) < 4.78 is 5.29. The number of unbranched alkanes of at least 4 members (excludes halogenated alkanes) is 2. The molecule has 2 N–H and O–H groups in total. The van der Waals surface area contributed by atoms with Crippen LogP contribution in [-0.4, -0.2) is 7.11 Å². The van der Waals surface area contributed by atoms with Gasteiger partial charge in [-0.15, -0.1) is 12.4 Å². The van der Waals surface area contributed by atoms with Crippen molar-refractivity contribution in [3.63, 3.8) is 0 Å². The molecule has 0 heterocycles. The van der Waals surface area contributed by atoms with Crippen LogP contribution in [-0.2, 0) is 0 Å². The standard InChI is InChI=1S/C13H20ClNO.ClH/c1-3-4-5-6-12(15)11-9-10(14)7-8-13(11)16-2;/h7-9,12H,3-6,15H2,1-2H3;1H/t12-;/m1./s1.